The Morgan fingerprint density at radius 3 is 2.23 bits per heavy atom. The minimum atomic E-state index is -4.43. The van der Waals surface area contributed by atoms with Crippen molar-refractivity contribution in [1.82, 2.24) is 35.5 Å². The van der Waals surface area contributed by atoms with E-state index in [1.54, 1.807) is 19.1 Å². The lowest BCUT2D eigenvalue weighted by molar-refractivity contribution is -0.149. The molecule has 0 spiro atoms. The zero-order chi connectivity index (χ0) is 58.6. The molecular weight excluding hydrogens is 1050 g/mol. The molecule has 19 nitrogen and oxygen atoms in total. The van der Waals surface area contributed by atoms with Crippen LogP contribution in [-0.2, 0) is 45.2 Å². The van der Waals surface area contributed by atoms with Gasteiger partial charge in [0.05, 0.1) is 10.9 Å². The number of hydrogen-bond donors (Lipinski definition) is 6. The smallest absolute Gasteiger partial charge is 0.312 e. The number of esters is 1. The van der Waals surface area contributed by atoms with Crippen LogP contribution >= 0.6 is 11.3 Å². The van der Waals surface area contributed by atoms with Crippen LogP contribution < -0.4 is 31.7 Å². The normalized spacial score (nSPS) is 16.3. The zero-order valence-corrected chi connectivity index (χ0v) is 49.5. The van der Waals surface area contributed by atoms with E-state index in [-0.39, 0.29) is 65.5 Å². The lowest BCUT2D eigenvalue weighted by Crippen LogP contribution is -2.59. The SMILES string of the molecule is CCCCCCN(C(=O)[C@@H](NC(=O)[C@H]1CCCCN1C)[C@@H](C)CC)[C@H](C[C@@H](OC(C)=O)c1nc(C(=O)N[C@@H](Cc2ccc(F)cc2)CC(C)(C)C(=O)NS(=O)(=O)c2ccc(NC(=O)[C@@H](C)CCCNC(N)=O)cc2)cs1)C(C)C. The molecule has 1 saturated heterocycles. The maximum absolute atomic E-state index is 15.0. The summed E-state index contributed by atoms with van der Waals surface area (Å²) in [6.07, 6.45) is 7.07. The lowest BCUT2D eigenvalue weighted by atomic mass is 9.83. The third kappa shape index (κ3) is 20.6. The third-order valence-corrected chi connectivity index (χ3v) is 17.0. The van der Waals surface area contributed by atoms with Crippen LogP contribution in [0, 0.1) is 29.0 Å². The molecule has 1 aliphatic rings. The number of benzene rings is 2. The first-order valence-electron chi connectivity index (χ1n) is 27.8. The summed E-state index contributed by atoms with van der Waals surface area (Å²) in [6.45, 7) is 17.7. The fourth-order valence-corrected chi connectivity index (χ4v) is 11.7. The highest BCUT2D eigenvalue weighted by atomic mass is 32.2. The number of likely N-dealkylation sites (tertiary alicyclic amines) is 1. The van der Waals surface area contributed by atoms with E-state index in [1.165, 1.54) is 62.5 Å². The molecule has 7 amide bonds. The molecule has 79 heavy (non-hydrogen) atoms. The van der Waals surface area contributed by atoms with Crippen molar-refractivity contribution in [3.8, 4) is 0 Å². The Hall–Kier alpha value is -6.00. The van der Waals surface area contributed by atoms with E-state index in [9.17, 15) is 41.6 Å². The number of piperidine rings is 1. The molecule has 0 radical (unpaired) electrons. The van der Waals surface area contributed by atoms with Crippen LogP contribution in [0.1, 0.15) is 167 Å². The summed E-state index contributed by atoms with van der Waals surface area (Å²) in [6, 6.07) is 7.84. The lowest BCUT2D eigenvalue weighted by Gasteiger charge is -2.40. The highest BCUT2D eigenvalue weighted by Gasteiger charge is 2.40. The van der Waals surface area contributed by atoms with Crippen molar-refractivity contribution in [1.29, 1.82) is 0 Å². The van der Waals surface area contributed by atoms with Crippen LogP contribution in [0.2, 0.25) is 0 Å². The minimum absolute atomic E-state index is 0.0153. The topological polar surface area (TPSA) is 268 Å². The molecule has 2 aromatic carbocycles. The number of amides is 7. The first kappa shape index (κ1) is 65.5. The molecule has 1 fully saturated rings. The monoisotopic (exact) mass is 1140 g/mol. The van der Waals surface area contributed by atoms with Crippen LogP contribution in [0.5, 0.6) is 0 Å². The number of nitrogens with one attached hydrogen (secondary N) is 5. The number of thiazole rings is 1. The Morgan fingerprint density at radius 1 is 0.937 bits per heavy atom. The van der Waals surface area contributed by atoms with E-state index < -0.39 is 75.2 Å². The number of ether oxygens (including phenoxy) is 1. The van der Waals surface area contributed by atoms with Gasteiger partial charge >= 0.3 is 12.0 Å². The Balaban J connectivity index is 1.56. The van der Waals surface area contributed by atoms with Crippen molar-refractivity contribution in [2.24, 2.45) is 28.9 Å². The number of sulfonamides is 1. The Morgan fingerprint density at radius 2 is 1.62 bits per heavy atom. The van der Waals surface area contributed by atoms with Gasteiger partial charge in [0.25, 0.3) is 15.9 Å². The van der Waals surface area contributed by atoms with Gasteiger partial charge in [-0.15, -0.1) is 11.3 Å². The molecule has 4 rings (SSSR count). The number of carbonyl (C=O) groups is 7. The fraction of sp³-hybridized carbons (Fsp3) is 0.614. The number of nitrogens with zero attached hydrogens (tertiary/aromatic N) is 3. The summed E-state index contributed by atoms with van der Waals surface area (Å²) < 4.78 is 49.4. The maximum atomic E-state index is 15.0. The molecular formula is C57H86FN9O10S2. The summed E-state index contributed by atoms with van der Waals surface area (Å²) in [5.74, 6) is -3.99. The quantitative estimate of drug-likeness (QED) is 0.0264. The number of rotatable bonds is 31. The molecule has 0 bridgehead atoms. The van der Waals surface area contributed by atoms with Crippen molar-refractivity contribution in [3.05, 3.63) is 76.0 Å². The van der Waals surface area contributed by atoms with Gasteiger partial charge in [-0.25, -0.2) is 27.3 Å². The van der Waals surface area contributed by atoms with Crippen molar-refractivity contribution in [2.45, 2.75) is 181 Å². The van der Waals surface area contributed by atoms with E-state index in [0.29, 0.717) is 55.0 Å². The minimum Gasteiger partial charge on any atom is -0.455 e. The highest BCUT2D eigenvalue weighted by molar-refractivity contribution is 7.90. The number of likely N-dealkylation sites (N-methyl/N-ethyl adjacent to an activating group) is 1. The Kier molecular flexibility index (Phi) is 25.8. The van der Waals surface area contributed by atoms with Crippen molar-refractivity contribution < 1.29 is 51.1 Å². The second-order valence-corrected chi connectivity index (χ2v) is 24.6. The standard InChI is InChI=1S/C57H86FN9O10S2/c1-11-13-14-16-31-67(54(72)49(37(5)12-2)64-52(71)46-20-15-17-30-66(46)10)47(36(3)4)33-48(77-39(7)68)53-63-45(35-78-53)51(70)62-43(32-40-21-23-41(58)24-22-40)34-57(8,9)55(73)65-79(75,76)44-27-25-42(26-28-44)61-50(69)38(6)19-18-29-60-56(59)74/h21-28,35-38,43,46-49H,11-20,29-34H2,1-10H3,(H,61,69)(H,62,70)(H,64,71)(H,65,73)(H3,59,60,74)/t37-,38-,43-,46+,47+,48+,49-/m0/s1. The molecule has 7 N–H and O–H groups in total. The van der Waals surface area contributed by atoms with Crippen LogP contribution in [0.15, 0.2) is 58.8 Å². The predicted molar refractivity (Wildman–Crippen MR) is 304 cm³/mol. The molecule has 22 heteroatoms. The molecule has 0 aliphatic carbocycles. The average Bonchev–Trinajstić information content (AvgIpc) is 3.89. The summed E-state index contributed by atoms with van der Waals surface area (Å²) >= 11 is 1.11. The summed E-state index contributed by atoms with van der Waals surface area (Å²) in [4.78, 5) is 102. The first-order valence-corrected chi connectivity index (χ1v) is 30.1. The van der Waals surface area contributed by atoms with Gasteiger partial charge in [0.1, 0.15) is 22.6 Å². The Bertz CT molecular complexity index is 2620. The van der Waals surface area contributed by atoms with Gasteiger partial charge in [0.15, 0.2) is 6.10 Å². The van der Waals surface area contributed by atoms with Gasteiger partial charge < -0.3 is 36.6 Å². The van der Waals surface area contributed by atoms with Gasteiger partial charge in [-0.3, -0.25) is 33.7 Å². The Labute approximate surface area is 471 Å². The molecule has 7 atom stereocenters. The number of unbranched alkanes of at least 4 members (excludes halogenated alkanes) is 3. The second-order valence-electron chi connectivity index (χ2n) is 22.0. The van der Waals surface area contributed by atoms with E-state index >= 15 is 4.79 Å². The number of halogens is 1. The van der Waals surface area contributed by atoms with E-state index in [4.69, 9.17) is 15.5 Å². The molecule has 1 aromatic heterocycles. The van der Waals surface area contributed by atoms with Gasteiger partial charge in [-0.1, -0.05) is 99.6 Å². The molecule has 2 heterocycles. The molecule has 438 valence electrons. The number of hydrogen-bond acceptors (Lipinski definition) is 13. The van der Waals surface area contributed by atoms with Gasteiger partial charge in [-0.2, -0.15) is 0 Å². The van der Waals surface area contributed by atoms with E-state index in [2.05, 4.69) is 32.9 Å². The maximum Gasteiger partial charge on any atom is 0.312 e. The molecule has 3 aromatic rings. The number of primary amides is 1. The summed E-state index contributed by atoms with van der Waals surface area (Å²) in [7, 11) is -2.49. The average molecular weight is 1140 g/mol. The first-order chi connectivity index (χ1) is 37.3. The van der Waals surface area contributed by atoms with E-state index in [1.807, 2.05) is 44.5 Å². The van der Waals surface area contributed by atoms with Crippen LogP contribution in [-0.4, -0.2) is 116 Å². The van der Waals surface area contributed by atoms with Gasteiger partial charge in [-0.05, 0) is 112 Å². The second kappa shape index (κ2) is 31.1. The number of aromatic nitrogens is 1. The molecule has 0 saturated carbocycles. The number of urea groups is 1. The largest absolute Gasteiger partial charge is 0.455 e. The highest BCUT2D eigenvalue weighted by Crippen LogP contribution is 2.33. The fourth-order valence-electron chi connectivity index (χ4n) is 9.68. The zero-order valence-electron chi connectivity index (χ0n) is 47.8. The van der Waals surface area contributed by atoms with Crippen LogP contribution in [0.3, 0.4) is 0 Å². The molecule has 1 aliphatic heterocycles. The predicted octanol–water partition coefficient (Wildman–Crippen LogP) is 8.01. The number of carbonyl (C=O) groups excluding carboxylic acids is 7. The van der Waals surface area contributed by atoms with Crippen molar-refractivity contribution in [2.75, 3.05) is 32.0 Å². The number of nitrogens with two attached hydrogens (primary N) is 1. The third-order valence-electron chi connectivity index (χ3n) is 14.7. The van der Waals surface area contributed by atoms with Crippen molar-refractivity contribution >= 4 is 68.6 Å². The van der Waals surface area contributed by atoms with Crippen LogP contribution in [0.25, 0.3) is 0 Å². The summed E-state index contributed by atoms with van der Waals surface area (Å²) in [5.41, 5.74) is 4.60. The van der Waals surface area contributed by atoms with Gasteiger partial charge in [0.2, 0.25) is 23.6 Å². The summed E-state index contributed by atoms with van der Waals surface area (Å²) in [5, 5.41) is 13.2. The van der Waals surface area contributed by atoms with Crippen molar-refractivity contribution in [3.63, 3.8) is 0 Å². The number of anilines is 1. The van der Waals surface area contributed by atoms with E-state index in [0.717, 1.165) is 56.4 Å². The molecule has 0 unspecified atom stereocenters. The van der Waals surface area contributed by atoms with Gasteiger partial charge in [0, 0.05) is 60.9 Å². The van der Waals surface area contributed by atoms with Crippen LogP contribution in [0.4, 0.5) is 14.9 Å².